The quantitative estimate of drug-likeness (QED) is 0.920. The Kier molecular flexibility index (Phi) is 4.76. The molecule has 5 nitrogen and oxygen atoms in total. The third-order valence-electron chi connectivity index (χ3n) is 2.98. The molecule has 0 spiro atoms. The number of aromatic nitrogens is 2. The van der Waals surface area contributed by atoms with E-state index in [9.17, 15) is 4.79 Å². The van der Waals surface area contributed by atoms with Gasteiger partial charge < -0.3 is 10.1 Å². The molecule has 118 valence electrons. The monoisotopic (exact) mass is 321 g/mol. The second kappa shape index (κ2) is 6.40. The van der Waals surface area contributed by atoms with Crippen molar-refractivity contribution in [1.29, 1.82) is 0 Å². The number of halogens is 1. The number of nitrogens with one attached hydrogen (secondary N) is 1. The average molecular weight is 322 g/mol. The van der Waals surface area contributed by atoms with Gasteiger partial charge >= 0.3 is 0 Å². The number of benzene rings is 1. The molecule has 1 aromatic carbocycles. The van der Waals surface area contributed by atoms with Gasteiger partial charge in [0.1, 0.15) is 5.02 Å². The third kappa shape index (κ3) is 3.80. The minimum absolute atomic E-state index is 0.0349. The smallest absolute Gasteiger partial charge is 0.263 e. The molecule has 1 aromatic heterocycles. The van der Waals surface area contributed by atoms with Gasteiger partial charge in [-0.05, 0) is 39.8 Å². The lowest BCUT2D eigenvalue weighted by Gasteiger charge is -2.25. The molecule has 0 atom stereocenters. The summed E-state index contributed by atoms with van der Waals surface area (Å²) in [6, 6.07) is 9.59. The van der Waals surface area contributed by atoms with Crippen molar-refractivity contribution in [2.75, 3.05) is 0 Å². The van der Waals surface area contributed by atoms with Crippen molar-refractivity contribution in [3.63, 3.8) is 0 Å². The lowest BCUT2D eigenvalue weighted by atomic mass is 10.1. The third-order valence-corrected chi connectivity index (χ3v) is 3.24. The summed E-state index contributed by atoms with van der Waals surface area (Å²) in [6.45, 7) is 7.15. The average Bonchev–Trinajstić information content (AvgIpc) is 2.80. The van der Waals surface area contributed by atoms with Crippen LogP contribution in [0.25, 0.3) is 5.69 Å². The molecule has 2 aromatic rings. The molecule has 2 rings (SSSR count). The van der Waals surface area contributed by atoms with E-state index in [2.05, 4.69) is 10.4 Å². The van der Waals surface area contributed by atoms with E-state index in [1.165, 1.54) is 0 Å². The Balaban J connectivity index is 2.20. The van der Waals surface area contributed by atoms with Gasteiger partial charge in [-0.1, -0.05) is 29.8 Å². The highest BCUT2D eigenvalue weighted by Gasteiger charge is 2.32. The number of hydrogen-bond acceptors (Lipinski definition) is 3. The van der Waals surface area contributed by atoms with E-state index < -0.39 is 5.60 Å². The van der Waals surface area contributed by atoms with Gasteiger partial charge in [-0.15, -0.1) is 5.10 Å². The number of nitrogens with zero attached hydrogens (tertiary/aromatic N) is 2. The van der Waals surface area contributed by atoms with Crippen LogP contribution in [0.5, 0.6) is 5.88 Å². The minimum Gasteiger partial charge on any atom is -0.459 e. The Bertz CT molecular complexity index is 651. The van der Waals surface area contributed by atoms with Crippen molar-refractivity contribution >= 4 is 17.5 Å². The first-order chi connectivity index (χ1) is 10.3. The van der Waals surface area contributed by atoms with Crippen LogP contribution in [0.15, 0.2) is 36.5 Å². The van der Waals surface area contributed by atoms with Crippen LogP contribution in [0.3, 0.4) is 0 Å². The fourth-order valence-electron chi connectivity index (χ4n) is 1.84. The Hall–Kier alpha value is -2.01. The minimum atomic E-state index is -1.07. The van der Waals surface area contributed by atoms with E-state index in [-0.39, 0.29) is 17.8 Å². The molecule has 0 aliphatic heterocycles. The first kappa shape index (κ1) is 16.4. The van der Waals surface area contributed by atoms with Crippen molar-refractivity contribution in [1.82, 2.24) is 15.1 Å². The van der Waals surface area contributed by atoms with Crippen LogP contribution in [-0.2, 0) is 4.79 Å². The van der Waals surface area contributed by atoms with Gasteiger partial charge in [-0.3, -0.25) is 4.79 Å². The summed E-state index contributed by atoms with van der Waals surface area (Å²) in [5.74, 6) is 0.0160. The standard InChI is InChI=1S/C16H20ClN3O2/c1-11(2)18-15(21)16(3,4)22-14-13(17)10-20(19-14)12-8-6-5-7-9-12/h5-11H,1-4H3,(H,18,21). The highest BCUT2D eigenvalue weighted by atomic mass is 35.5. The molecule has 1 heterocycles. The van der Waals surface area contributed by atoms with E-state index in [0.717, 1.165) is 5.69 Å². The maximum atomic E-state index is 12.2. The van der Waals surface area contributed by atoms with E-state index in [4.69, 9.17) is 16.3 Å². The normalized spacial score (nSPS) is 11.5. The van der Waals surface area contributed by atoms with E-state index in [1.807, 2.05) is 44.2 Å². The number of carbonyl (C=O) groups excluding carboxylic acids is 1. The second-order valence-corrected chi connectivity index (χ2v) is 6.21. The van der Waals surface area contributed by atoms with Crippen molar-refractivity contribution in [3.05, 3.63) is 41.6 Å². The molecular formula is C16H20ClN3O2. The van der Waals surface area contributed by atoms with Gasteiger partial charge in [0.05, 0.1) is 11.9 Å². The van der Waals surface area contributed by atoms with Crippen molar-refractivity contribution in [2.45, 2.75) is 39.3 Å². The first-order valence-corrected chi connectivity index (χ1v) is 7.48. The summed E-state index contributed by atoms with van der Waals surface area (Å²) in [6.07, 6.45) is 1.66. The van der Waals surface area contributed by atoms with Gasteiger partial charge in [0.15, 0.2) is 5.60 Å². The number of hydrogen-bond donors (Lipinski definition) is 1. The zero-order chi connectivity index (χ0) is 16.3. The highest BCUT2D eigenvalue weighted by Crippen LogP contribution is 2.27. The molecule has 0 aliphatic carbocycles. The number of para-hydroxylation sites is 1. The van der Waals surface area contributed by atoms with Crippen LogP contribution in [0, 0.1) is 0 Å². The molecule has 0 fully saturated rings. The largest absolute Gasteiger partial charge is 0.459 e. The summed E-state index contributed by atoms with van der Waals surface area (Å²) in [7, 11) is 0. The molecule has 0 saturated carbocycles. The molecule has 6 heteroatoms. The van der Waals surface area contributed by atoms with E-state index in [1.54, 1.807) is 24.7 Å². The summed E-state index contributed by atoms with van der Waals surface area (Å²) in [4.78, 5) is 12.2. The van der Waals surface area contributed by atoms with Crippen LogP contribution < -0.4 is 10.1 Å². The van der Waals surface area contributed by atoms with Crippen molar-refractivity contribution < 1.29 is 9.53 Å². The maximum Gasteiger partial charge on any atom is 0.263 e. The molecule has 22 heavy (non-hydrogen) atoms. The number of rotatable bonds is 5. The fraction of sp³-hybridized carbons (Fsp3) is 0.375. The molecule has 0 unspecified atom stereocenters. The zero-order valence-corrected chi connectivity index (χ0v) is 13.9. The molecule has 1 amide bonds. The van der Waals surface area contributed by atoms with Gasteiger partial charge in [0, 0.05) is 6.04 Å². The summed E-state index contributed by atoms with van der Waals surface area (Å²) in [5.41, 5.74) is -0.201. The predicted octanol–water partition coefficient (Wildman–Crippen LogP) is 3.21. The van der Waals surface area contributed by atoms with Crippen LogP contribution in [-0.4, -0.2) is 27.3 Å². The Morgan fingerprint density at radius 2 is 1.95 bits per heavy atom. The number of ether oxygens (including phenoxy) is 1. The summed E-state index contributed by atoms with van der Waals surface area (Å²) in [5, 5.41) is 7.48. The lowest BCUT2D eigenvalue weighted by molar-refractivity contribution is -0.134. The van der Waals surface area contributed by atoms with E-state index >= 15 is 0 Å². The summed E-state index contributed by atoms with van der Waals surface area (Å²) < 4.78 is 7.34. The molecule has 0 aliphatic rings. The summed E-state index contributed by atoms with van der Waals surface area (Å²) >= 11 is 6.17. The topological polar surface area (TPSA) is 56.1 Å². The molecule has 0 radical (unpaired) electrons. The van der Waals surface area contributed by atoms with Gasteiger partial charge in [0.25, 0.3) is 11.8 Å². The van der Waals surface area contributed by atoms with Gasteiger partial charge in [0.2, 0.25) is 0 Å². The molecule has 0 bridgehead atoms. The molecule has 1 N–H and O–H groups in total. The van der Waals surface area contributed by atoms with Gasteiger partial charge in [-0.25, -0.2) is 4.68 Å². The second-order valence-electron chi connectivity index (χ2n) is 5.80. The fourth-order valence-corrected chi connectivity index (χ4v) is 2.01. The van der Waals surface area contributed by atoms with Crippen LogP contribution in [0.2, 0.25) is 5.02 Å². The maximum absolute atomic E-state index is 12.2. The predicted molar refractivity (Wildman–Crippen MR) is 86.6 cm³/mol. The van der Waals surface area contributed by atoms with Crippen molar-refractivity contribution in [3.8, 4) is 11.6 Å². The van der Waals surface area contributed by atoms with Crippen LogP contribution >= 0.6 is 11.6 Å². The molecular weight excluding hydrogens is 302 g/mol. The highest BCUT2D eigenvalue weighted by molar-refractivity contribution is 6.31. The van der Waals surface area contributed by atoms with Crippen LogP contribution in [0.1, 0.15) is 27.7 Å². The Morgan fingerprint density at radius 3 is 2.55 bits per heavy atom. The first-order valence-electron chi connectivity index (χ1n) is 7.10. The van der Waals surface area contributed by atoms with Crippen LogP contribution in [0.4, 0.5) is 0 Å². The SMILES string of the molecule is CC(C)NC(=O)C(C)(C)Oc1nn(-c2ccccc2)cc1Cl. The Labute approximate surface area is 135 Å². The number of carbonyl (C=O) groups is 1. The zero-order valence-electron chi connectivity index (χ0n) is 13.1. The van der Waals surface area contributed by atoms with Crippen molar-refractivity contribution in [2.24, 2.45) is 0 Å². The molecule has 0 saturated heterocycles. The lowest BCUT2D eigenvalue weighted by Crippen LogP contribution is -2.48. The van der Waals surface area contributed by atoms with Gasteiger partial charge in [-0.2, -0.15) is 0 Å². The van der Waals surface area contributed by atoms with E-state index in [0.29, 0.717) is 5.02 Å². The Morgan fingerprint density at radius 1 is 1.32 bits per heavy atom. The number of amides is 1.